The lowest BCUT2D eigenvalue weighted by atomic mass is 10.0. The molecule has 0 saturated heterocycles. The van der Waals surface area contributed by atoms with E-state index < -0.39 is 12.1 Å². The molecule has 0 unspecified atom stereocenters. The van der Waals surface area contributed by atoms with Crippen molar-refractivity contribution in [1.29, 1.82) is 0 Å². The van der Waals surface area contributed by atoms with Gasteiger partial charge in [-0.2, -0.15) is 0 Å². The molecule has 4 heteroatoms. The van der Waals surface area contributed by atoms with Crippen LogP contribution in [0.5, 0.6) is 0 Å². The van der Waals surface area contributed by atoms with E-state index in [2.05, 4.69) is 6.92 Å². The molecule has 0 radical (unpaired) electrons. The van der Waals surface area contributed by atoms with E-state index >= 15 is 0 Å². The highest BCUT2D eigenvalue weighted by molar-refractivity contribution is 4.72. The van der Waals surface area contributed by atoms with Crippen LogP contribution in [-0.4, -0.2) is 40.2 Å². The molecule has 4 nitrogen and oxygen atoms in total. The monoisotopic (exact) mass is 317 g/mol. The molecule has 0 bridgehead atoms. The van der Waals surface area contributed by atoms with E-state index in [4.69, 9.17) is 10.8 Å². The van der Waals surface area contributed by atoms with Crippen LogP contribution in [0.2, 0.25) is 0 Å². The Morgan fingerprint density at radius 2 is 1.23 bits per heavy atom. The highest BCUT2D eigenvalue weighted by Crippen LogP contribution is 2.14. The maximum Gasteiger partial charge on any atom is 0.0714 e. The van der Waals surface area contributed by atoms with Crippen LogP contribution < -0.4 is 5.73 Å². The van der Waals surface area contributed by atoms with Gasteiger partial charge in [0, 0.05) is 0 Å². The van der Waals surface area contributed by atoms with Gasteiger partial charge in [-0.15, -0.1) is 0 Å². The maximum atomic E-state index is 9.86. The Balaban J connectivity index is 3.30. The molecule has 0 saturated carbocycles. The van der Waals surface area contributed by atoms with Gasteiger partial charge in [-0.3, -0.25) is 0 Å². The molecule has 0 aromatic heterocycles. The molecule has 22 heavy (non-hydrogen) atoms. The number of hydrogen-bond acceptors (Lipinski definition) is 4. The number of rotatable bonds is 16. The van der Waals surface area contributed by atoms with Crippen LogP contribution in [0.4, 0.5) is 0 Å². The van der Waals surface area contributed by atoms with Gasteiger partial charge in [-0.05, 0) is 19.3 Å². The molecule has 0 amide bonds. The van der Waals surface area contributed by atoms with Gasteiger partial charge in [0.05, 0.1) is 24.9 Å². The van der Waals surface area contributed by atoms with Gasteiger partial charge >= 0.3 is 0 Å². The van der Waals surface area contributed by atoms with E-state index in [1.807, 2.05) is 0 Å². The predicted octanol–water partition coefficient (Wildman–Crippen LogP) is 3.12. The zero-order chi connectivity index (χ0) is 16.6. The third kappa shape index (κ3) is 13.5. The summed E-state index contributed by atoms with van der Waals surface area (Å²) in [4.78, 5) is 0. The molecule has 0 rings (SSSR count). The van der Waals surface area contributed by atoms with Gasteiger partial charge in [-0.1, -0.05) is 71.1 Å². The average molecular weight is 318 g/mol. The number of nitrogens with two attached hydrogens (primary N) is 1. The van der Waals surface area contributed by atoms with Crippen molar-refractivity contribution in [2.75, 3.05) is 6.61 Å². The number of unbranched alkanes of at least 4 members (excludes halogenated alkanes) is 9. The van der Waals surface area contributed by atoms with Crippen LogP contribution in [0.25, 0.3) is 0 Å². The topological polar surface area (TPSA) is 86.7 Å². The summed E-state index contributed by atoms with van der Waals surface area (Å²) < 4.78 is 0. The molecular weight excluding hydrogens is 278 g/mol. The Morgan fingerprint density at radius 1 is 0.727 bits per heavy atom. The predicted molar refractivity (Wildman–Crippen MR) is 92.8 cm³/mol. The molecule has 0 aliphatic rings. The summed E-state index contributed by atoms with van der Waals surface area (Å²) in [5.74, 6) is 0. The van der Waals surface area contributed by atoms with Crippen molar-refractivity contribution in [3.8, 4) is 0 Å². The summed E-state index contributed by atoms with van der Waals surface area (Å²) in [7, 11) is 0. The van der Waals surface area contributed by atoms with E-state index in [1.165, 1.54) is 57.8 Å². The Hall–Kier alpha value is -0.160. The lowest BCUT2D eigenvalue weighted by molar-refractivity contribution is 0.0753. The van der Waals surface area contributed by atoms with Crippen molar-refractivity contribution in [1.82, 2.24) is 0 Å². The molecule has 0 aliphatic heterocycles. The smallest absolute Gasteiger partial charge is 0.0714 e. The van der Waals surface area contributed by atoms with Gasteiger partial charge in [0.25, 0.3) is 0 Å². The minimum Gasteiger partial charge on any atom is -0.395 e. The molecule has 5 N–H and O–H groups in total. The quantitative estimate of drug-likeness (QED) is 0.329. The van der Waals surface area contributed by atoms with Gasteiger partial charge < -0.3 is 21.1 Å². The number of hydrogen-bond donors (Lipinski definition) is 4. The van der Waals surface area contributed by atoms with Crippen molar-refractivity contribution in [3.63, 3.8) is 0 Å². The summed E-state index contributed by atoms with van der Waals surface area (Å²) in [5, 5.41) is 28.3. The highest BCUT2D eigenvalue weighted by Gasteiger charge is 2.15. The summed E-state index contributed by atoms with van der Waals surface area (Å²) in [5.41, 5.74) is 5.53. The fourth-order valence-electron chi connectivity index (χ4n) is 2.71. The Bertz CT molecular complexity index is 226. The SMILES string of the molecule is CCCCCCCCCCCC[C@H](O)CC[C@@H](O)[C@H](N)CO. The first-order chi connectivity index (χ1) is 10.6. The zero-order valence-corrected chi connectivity index (χ0v) is 14.6. The largest absolute Gasteiger partial charge is 0.395 e. The van der Waals surface area contributed by atoms with E-state index in [0.717, 1.165) is 12.8 Å². The van der Waals surface area contributed by atoms with E-state index in [0.29, 0.717) is 12.8 Å². The van der Waals surface area contributed by atoms with Crippen molar-refractivity contribution < 1.29 is 15.3 Å². The molecule has 0 aliphatic carbocycles. The lowest BCUT2D eigenvalue weighted by Crippen LogP contribution is -2.38. The fraction of sp³-hybridized carbons (Fsp3) is 1.00. The van der Waals surface area contributed by atoms with Crippen molar-refractivity contribution >= 4 is 0 Å². The summed E-state index contributed by atoms with van der Waals surface area (Å²) in [6, 6.07) is -0.593. The molecule has 0 aromatic rings. The van der Waals surface area contributed by atoms with E-state index in [-0.39, 0.29) is 12.7 Å². The Kier molecular flexibility index (Phi) is 15.6. The molecule has 0 aromatic carbocycles. The second kappa shape index (κ2) is 15.7. The minimum atomic E-state index is -0.715. The van der Waals surface area contributed by atoms with E-state index in [1.54, 1.807) is 0 Å². The second-order valence-corrected chi connectivity index (χ2v) is 6.62. The normalized spacial score (nSPS) is 15.7. The summed E-state index contributed by atoms with van der Waals surface area (Å²) in [6.07, 6.45) is 13.7. The first-order valence-electron chi connectivity index (χ1n) is 9.34. The number of aliphatic hydroxyl groups is 3. The maximum absolute atomic E-state index is 9.86. The van der Waals surface area contributed by atoms with Crippen LogP contribution in [0, 0.1) is 0 Å². The van der Waals surface area contributed by atoms with Gasteiger partial charge in [-0.25, -0.2) is 0 Å². The standard InChI is InChI=1S/C18H39NO3/c1-2-3-4-5-6-7-8-9-10-11-12-16(21)13-14-18(22)17(19)15-20/h16-18,20-22H,2-15,19H2,1H3/t16-,17+,18+/m0/s1. The molecule has 0 fully saturated rings. The summed E-state index contributed by atoms with van der Waals surface area (Å²) >= 11 is 0. The highest BCUT2D eigenvalue weighted by atomic mass is 16.3. The van der Waals surface area contributed by atoms with Crippen LogP contribution in [0.3, 0.4) is 0 Å². The van der Waals surface area contributed by atoms with Gasteiger partial charge in [0.2, 0.25) is 0 Å². The average Bonchev–Trinajstić information content (AvgIpc) is 2.53. The van der Waals surface area contributed by atoms with E-state index in [9.17, 15) is 10.2 Å². The van der Waals surface area contributed by atoms with Crippen LogP contribution >= 0.6 is 0 Å². The second-order valence-electron chi connectivity index (χ2n) is 6.62. The van der Waals surface area contributed by atoms with Crippen LogP contribution in [0.15, 0.2) is 0 Å². The lowest BCUT2D eigenvalue weighted by Gasteiger charge is -2.18. The number of aliphatic hydroxyl groups excluding tert-OH is 3. The first-order valence-corrected chi connectivity index (χ1v) is 9.34. The van der Waals surface area contributed by atoms with Crippen molar-refractivity contribution in [2.24, 2.45) is 5.73 Å². The fourth-order valence-corrected chi connectivity index (χ4v) is 2.71. The minimum absolute atomic E-state index is 0.213. The molecule has 3 atom stereocenters. The zero-order valence-electron chi connectivity index (χ0n) is 14.6. The molecular formula is C18H39NO3. The van der Waals surface area contributed by atoms with Gasteiger partial charge in [0.1, 0.15) is 0 Å². The molecule has 0 heterocycles. The molecule has 134 valence electrons. The van der Waals surface area contributed by atoms with Crippen LogP contribution in [-0.2, 0) is 0 Å². The van der Waals surface area contributed by atoms with Gasteiger partial charge in [0.15, 0.2) is 0 Å². The molecule has 0 spiro atoms. The first kappa shape index (κ1) is 21.8. The van der Waals surface area contributed by atoms with Crippen LogP contribution in [0.1, 0.15) is 90.4 Å². The third-order valence-electron chi connectivity index (χ3n) is 4.39. The third-order valence-corrected chi connectivity index (χ3v) is 4.39. The Labute approximate surface area is 137 Å². The Morgan fingerprint density at radius 3 is 1.73 bits per heavy atom. The van der Waals surface area contributed by atoms with Crippen molar-refractivity contribution in [2.45, 2.75) is 109 Å². The summed E-state index contributed by atoms with van der Waals surface area (Å²) in [6.45, 7) is 2.03. The van der Waals surface area contributed by atoms with Crippen molar-refractivity contribution in [3.05, 3.63) is 0 Å².